The molecular formula is C16H16N2O6S. The molecule has 0 saturated carbocycles. The van der Waals surface area contributed by atoms with Gasteiger partial charge in [0.2, 0.25) is 0 Å². The Balaban J connectivity index is 2.03. The number of nitro groups is 1. The molecule has 1 atom stereocenters. The number of nitrogens with one attached hydrogen (secondary N) is 1. The van der Waals surface area contributed by atoms with E-state index in [9.17, 15) is 19.7 Å². The van der Waals surface area contributed by atoms with Crippen molar-refractivity contribution in [2.24, 2.45) is 0 Å². The number of benzene rings is 1. The van der Waals surface area contributed by atoms with Gasteiger partial charge in [-0.2, -0.15) is 0 Å². The minimum Gasteiger partial charge on any atom is -0.496 e. The SMILES string of the molecule is COc1ccc([N+](=O)[O-])cc1C(=O)O[C@@H](C)C(=O)NCc1cccs1. The highest BCUT2D eigenvalue weighted by Gasteiger charge is 2.23. The van der Waals surface area contributed by atoms with E-state index in [1.807, 2.05) is 17.5 Å². The van der Waals surface area contributed by atoms with Gasteiger partial charge in [-0.05, 0) is 24.4 Å². The molecule has 1 aromatic heterocycles. The molecule has 1 heterocycles. The van der Waals surface area contributed by atoms with Crippen molar-refractivity contribution in [3.8, 4) is 5.75 Å². The number of methoxy groups -OCH3 is 1. The van der Waals surface area contributed by atoms with Gasteiger partial charge in [-0.25, -0.2) is 4.79 Å². The van der Waals surface area contributed by atoms with E-state index in [0.29, 0.717) is 6.54 Å². The molecule has 0 bridgehead atoms. The Morgan fingerprint density at radius 3 is 2.72 bits per heavy atom. The number of hydrogen-bond acceptors (Lipinski definition) is 7. The number of nitro benzene ring substituents is 1. The maximum absolute atomic E-state index is 12.2. The predicted octanol–water partition coefficient (Wildman–Crippen LogP) is 2.53. The number of esters is 1. The molecule has 0 radical (unpaired) electrons. The van der Waals surface area contributed by atoms with Gasteiger partial charge >= 0.3 is 5.97 Å². The summed E-state index contributed by atoms with van der Waals surface area (Å²) in [5.41, 5.74) is -0.392. The highest BCUT2D eigenvalue weighted by atomic mass is 32.1. The summed E-state index contributed by atoms with van der Waals surface area (Å²) in [7, 11) is 1.33. The number of rotatable bonds is 7. The molecule has 1 amide bonds. The lowest BCUT2D eigenvalue weighted by Gasteiger charge is -2.14. The van der Waals surface area contributed by atoms with Gasteiger partial charge in [0, 0.05) is 17.0 Å². The Morgan fingerprint density at radius 2 is 2.12 bits per heavy atom. The molecule has 1 N–H and O–H groups in total. The lowest BCUT2D eigenvalue weighted by molar-refractivity contribution is -0.384. The predicted molar refractivity (Wildman–Crippen MR) is 90.7 cm³/mol. The third-order valence-electron chi connectivity index (χ3n) is 3.28. The average Bonchev–Trinajstić information content (AvgIpc) is 3.12. The Morgan fingerprint density at radius 1 is 1.36 bits per heavy atom. The lowest BCUT2D eigenvalue weighted by Crippen LogP contribution is -2.35. The molecule has 2 rings (SSSR count). The van der Waals surface area contributed by atoms with E-state index in [2.05, 4.69) is 5.32 Å². The first-order chi connectivity index (χ1) is 11.9. The van der Waals surface area contributed by atoms with Gasteiger partial charge in [-0.15, -0.1) is 11.3 Å². The van der Waals surface area contributed by atoms with Gasteiger partial charge in [-0.1, -0.05) is 6.07 Å². The van der Waals surface area contributed by atoms with Gasteiger partial charge in [0.05, 0.1) is 18.6 Å². The summed E-state index contributed by atoms with van der Waals surface area (Å²) in [5.74, 6) is -1.22. The van der Waals surface area contributed by atoms with E-state index in [1.165, 1.54) is 37.5 Å². The molecule has 0 fully saturated rings. The van der Waals surface area contributed by atoms with Gasteiger partial charge in [-0.3, -0.25) is 14.9 Å². The third-order valence-corrected chi connectivity index (χ3v) is 4.16. The van der Waals surface area contributed by atoms with E-state index >= 15 is 0 Å². The van der Waals surface area contributed by atoms with E-state index in [-0.39, 0.29) is 17.0 Å². The largest absolute Gasteiger partial charge is 0.496 e. The number of carbonyl (C=O) groups is 2. The third kappa shape index (κ3) is 4.77. The lowest BCUT2D eigenvalue weighted by atomic mass is 10.1. The second-order valence-corrected chi connectivity index (χ2v) is 6.02. The van der Waals surface area contributed by atoms with E-state index in [4.69, 9.17) is 9.47 Å². The van der Waals surface area contributed by atoms with E-state index in [1.54, 1.807) is 0 Å². The molecule has 0 aliphatic carbocycles. The number of thiophene rings is 1. The first-order valence-electron chi connectivity index (χ1n) is 7.26. The van der Waals surface area contributed by atoms with Crippen molar-refractivity contribution in [3.63, 3.8) is 0 Å². The van der Waals surface area contributed by atoms with Crippen molar-refractivity contribution in [3.05, 3.63) is 56.3 Å². The molecule has 0 aliphatic heterocycles. The molecule has 25 heavy (non-hydrogen) atoms. The molecule has 2 aromatic rings. The number of carbonyl (C=O) groups excluding carboxylic acids is 2. The van der Waals surface area contributed by atoms with Crippen LogP contribution in [-0.2, 0) is 16.1 Å². The monoisotopic (exact) mass is 364 g/mol. The Bertz CT molecular complexity index is 775. The second kappa shape index (κ2) is 8.25. The van der Waals surface area contributed by atoms with Crippen LogP contribution in [0.4, 0.5) is 5.69 Å². The summed E-state index contributed by atoms with van der Waals surface area (Å²) >= 11 is 1.49. The fourth-order valence-electron chi connectivity index (χ4n) is 1.98. The fraction of sp³-hybridized carbons (Fsp3) is 0.250. The van der Waals surface area contributed by atoms with Crippen molar-refractivity contribution in [1.82, 2.24) is 5.32 Å². The van der Waals surface area contributed by atoms with Crippen LogP contribution in [0.15, 0.2) is 35.7 Å². The van der Waals surface area contributed by atoms with Crippen LogP contribution in [0, 0.1) is 10.1 Å². The molecule has 0 aliphatic rings. The summed E-state index contributed by atoms with van der Waals surface area (Å²) in [6.07, 6.45) is -1.06. The number of non-ortho nitro benzene ring substituents is 1. The highest BCUT2D eigenvalue weighted by Crippen LogP contribution is 2.25. The number of nitrogens with zero attached hydrogens (tertiary/aromatic N) is 1. The maximum atomic E-state index is 12.2. The van der Waals surface area contributed by atoms with Crippen molar-refractivity contribution in [2.75, 3.05) is 7.11 Å². The van der Waals surface area contributed by atoms with Crippen LogP contribution in [0.1, 0.15) is 22.2 Å². The second-order valence-electron chi connectivity index (χ2n) is 4.99. The van der Waals surface area contributed by atoms with Crippen LogP contribution in [0.3, 0.4) is 0 Å². The average molecular weight is 364 g/mol. The van der Waals surface area contributed by atoms with Crippen LogP contribution in [0.25, 0.3) is 0 Å². The minimum absolute atomic E-state index is 0.116. The van der Waals surface area contributed by atoms with Gasteiger partial charge in [0.15, 0.2) is 6.10 Å². The summed E-state index contributed by atoms with van der Waals surface area (Å²) in [6.45, 7) is 1.75. The van der Waals surface area contributed by atoms with Crippen LogP contribution in [0.2, 0.25) is 0 Å². The molecular weight excluding hydrogens is 348 g/mol. The van der Waals surface area contributed by atoms with Crippen LogP contribution in [0.5, 0.6) is 5.75 Å². The van der Waals surface area contributed by atoms with Gasteiger partial charge in [0.1, 0.15) is 11.3 Å². The quantitative estimate of drug-likeness (QED) is 0.459. The fourth-order valence-corrected chi connectivity index (χ4v) is 2.62. The minimum atomic E-state index is -1.06. The van der Waals surface area contributed by atoms with Crippen LogP contribution < -0.4 is 10.1 Å². The van der Waals surface area contributed by atoms with Gasteiger partial charge in [0.25, 0.3) is 11.6 Å². The molecule has 8 nitrogen and oxygen atoms in total. The Hall–Kier alpha value is -2.94. The van der Waals surface area contributed by atoms with Crippen molar-refractivity contribution in [1.29, 1.82) is 0 Å². The molecule has 0 saturated heterocycles. The summed E-state index contributed by atoms with van der Waals surface area (Å²) in [6, 6.07) is 7.31. The number of ether oxygens (including phenoxy) is 2. The zero-order valence-corrected chi connectivity index (χ0v) is 14.4. The van der Waals surface area contributed by atoms with Crippen molar-refractivity contribution >= 4 is 28.9 Å². The van der Waals surface area contributed by atoms with E-state index in [0.717, 1.165) is 10.9 Å². The topological polar surface area (TPSA) is 108 Å². The first-order valence-corrected chi connectivity index (χ1v) is 8.14. The first kappa shape index (κ1) is 18.4. The normalized spacial score (nSPS) is 11.4. The zero-order chi connectivity index (χ0) is 18.4. The van der Waals surface area contributed by atoms with Gasteiger partial charge < -0.3 is 14.8 Å². The summed E-state index contributed by atoms with van der Waals surface area (Å²) in [4.78, 5) is 35.4. The molecule has 0 unspecified atom stereocenters. The van der Waals surface area contributed by atoms with Crippen molar-refractivity contribution in [2.45, 2.75) is 19.6 Å². The zero-order valence-electron chi connectivity index (χ0n) is 13.6. The van der Waals surface area contributed by atoms with Crippen LogP contribution >= 0.6 is 11.3 Å². The summed E-state index contributed by atoms with van der Waals surface area (Å²) in [5, 5.41) is 15.4. The standard InChI is InChI=1S/C16H16N2O6S/c1-10(15(19)17-9-12-4-3-7-25-12)24-16(20)13-8-11(18(21)22)5-6-14(13)23-2/h3-8,10H,9H2,1-2H3,(H,17,19)/t10-/m0/s1. The Kier molecular flexibility index (Phi) is 6.07. The molecule has 132 valence electrons. The van der Waals surface area contributed by atoms with Crippen LogP contribution in [-0.4, -0.2) is 30.0 Å². The molecule has 9 heteroatoms. The number of amides is 1. The Labute approximate surface area is 147 Å². The highest BCUT2D eigenvalue weighted by molar-refractivity contribution is 7.09. The van der Waals surface area contributed by atoms with Crippen molar-refractivity contribution < 1.29 is 24.0 Å². The summed E-state index contributed by atoms with van der Waals surface area (Å²) < 4.78 is 10.1. The number of hydrogen-bond donors (Lipinski definition) is 1. The van der Waals surface area contributed by atoms with E-state index < -0.39 is 22.9 Å². The molecule has 0 spiro atoms. The smallest absolute Gasteiger partial charge is 0.342 e. The molecule has 1 aromatic carbocycles. The maximum Gasteiger partial charge on any atom is 0.342 e.